The third kappa shape index (κ3) is 6.57. The monoisotopic (exact) mass is 556 g/mol. The number of benzene rings is 2. The van der Waals surface area contributed by atoms with Gasteiger partial charge in [-0.25, -0.2) is 0 Å². The molecule has 0 aromatic heterocycles. The summed E-state index contributed by atoms with van der Waals surface area (Å²) in [6, 6.07) is 14.1. The van der Waals surface area contributed by atoms with Gasteiger partial charge >= 0.3 is 0 Å². The number of Topliss-reactive ketones (excluding diaryl/α,β-unsaturated/α-hetero) is 1. The summed E-state index contributed by atoms with van der Waals surface area (Å²) in [5.41, 5.74) is 2.88. The fraction of sp³-hybridized carbons (Fsp3) is 0.533. The van der Waals surface area contributed by atoms with Crippen LogP contribution in [-0.4, -0.2) is 47.9 Å². The number of amidine groups is 1. The maximum Gasteiger partial charge on any atom is 0.182 e. The Kier molecular flexibility index (Phi) is 9.05. The van der Waals surface area contributed by atoms with E-state index in [0.29, 0.717) is 25.3 Å². The van der Waals surface area contributed by atoms with Crippen molar-refractivity contribution in [3.8, 4) is 5.75 Å². The Hall–Kier alpha value is -2.18. The van der Waals surface area contributed by atoms with Gasteiger partial charge in [-0.2, -0.15) is 4.02 Å². The summed E-state index contributed by atoms with van der Waals surface area (Å²) in [6.45, 7) is 16.6. The van der Waals surface area contributed by atoms with Crippen molar-refractivity contribution in [1.29, 1.82) is 0 Å². The van der Waals surface area contributed by atoms with Gasteiger partial charge in [-0.3, -0.25) is 4.79 Å². The van der Waals surface area contributed by atoms with Gasteiger partial charge in [-0.15, -0.1) is 0 Å². The summed E-state index contributed by atoms with van der Waals surface area (Å²) in [5.74, 6) is 1.60. The van der Waals surface area contributed by atoms with Gasteiger partial charge in [0.1, 0.15) is 11.6 Å². The minimum Gasteiger partial charge on any atom is -0.507 e. The number of phenols is 1. The Balaban J connectivity index is 1.92. The maximum absolute atomic E-state index is 13.7. The molecule has 1 N–H and O–H groups in total. The number of ketones is 1. The number of halogens is 1. The van der Waals surface area contributed by atoms with Crippen LogP contribution < -0.4 is 0 Å². The molecule has 1 saturated heterocycles. The van der Waals surface area contributed by atoms with Crippen LogP contribution in [0.25, 0.3) is 0 Å². The van der Waals surface area contributed by atoms with E-state index in [2.05, 4.69) is 90.9 Å². The van der Waals surface area contributed by atoms with Crippen LogP contribution in [0.1, 0.15) is 75.5 Å². The number of rotatable bonds is 8. The molecule has 1 fully saturated rings. The molecule has 196 valence electrons. The van der Waals surface area contributed by atoms with Crippen LogP contribution in [0.2, 0.25) is 0 Å². The molecule has 2 aromatic carbocycles. The van der Waals surface area contributed by atoms with E-state index in [1.54, 1.807) is 0 Å². The van der Waals surface area contributed by atoms with Gasteiger partial charge in [-0.1, -0.05) is 71.9 Å². The first-order valence-electron chi connectivity index (χ1n) is 12.8. The highest BCUT2D eigenvalue weighted by atomic mass is 79.9. The van der Waals surface area contributed by atoms with Crippen molar-refractivity contribution in [3.63, 3.8) is 0 Å². The van der Waals surface area contributed by atoms with E-state index in [1.165, 1.54) is 5.56 Å². The Bertz CT molecular complexity index is 1050. The molecule has 2 aromatic rings. The number of hydrogen-bond acceptors (Lipinski definition) is 4. The molecular weight excluding hydrogens is 516 g/mol. The molecule has 0 radical (unpaired) electrons. The molecule has 1 heterocycles. The normalized spacial score (nSPS) is 19.8. The summed E-state index contributed by atoms with van der Waals surface area (Å²) in [6.07, 6.45) is 0.843. The highest BCUT2D eigenvalue weighted by Crippen LogP contribution is 2.40. The van der Waals surface area contributed by atoms with Gasteiger partial charge in [-0.05, 0) is 41.9 Å². The molecule has 5 nitrogen and oxygen atoms in total. The molecule has 0 spiro atoms. The van der Waals surface area contributed by atoms with Gasteiger partial charge in [0.05, 0.1) is 29.3 Å². The number of ether oxygens (including phenoxy) is 1. The predicted octanol–water partition coefficient (Wildman–Crippen LogP) is 6.71. The fourth-order valence-corrected chi connectivity index (χ4v) is 5.47. The molecule has 1 aliphatic rings. The standard InChI is InChI=1S/C30H41BrN2O3/c1-8-36-19-22-17-33(28(32-31)23(22)14-20-12-10-9-11-13-20)18-26(34)21-15-24(29(2,3)4)27(35)25(16-21)30(5,6)7/h9-13,15-16,22-23,35H,8,14,17-19H2,1-7H3/b32-28-/t22-,23-/m1/s1. The molecule has 6 heteroatoms. The summed E-state index contributed by atoms with van der Waals surface area (Å²) < 4.78 is 10.3. The van der Waals surface area contributed by atoms with E-state index in [4.69, 9.17) is 4.74 Å². The zero-order valence-corrected chi connectivity index (χ0v) is 24.4. The van der Waals surface area contributed by atoms with E-state index in [9.17, 15) is 9.90 Å². The smallest absolute Gasteiger partial charge is 0.182 e. The Morgan fingerprint density at radius 2 is 1.67 bits per heavy atom. The lowest BCUT2D eigenvalue weighted by Crippen LogP contribution is -2.33. The average Bonchev–Trinajstić information content (AvgIpc) is 3.12. The quantitative estimate of drug-likeness (QED) is 0.367. The lowest BCUT2D eigenvalue weighted by molar-refractivity contribution is 0.0915. The third-order valence-corrected chi connectivity index (χ3v) is 7.35. The summed E-state index contributed by atoms with van der Waals surface area (Å²) in [4.78, 5) is 15.8. The number of aromatic hydroxyl groups is 1. The largest absolute Gasteiger partial charge is 0.507 e. The highest BCUT2D eigenvalue weighted by molar-refractivity contribution is 9.08. The average molecular weight is 558 g/mol. The first-order valence-corrected chi connectivity index (χ1v) is 13.5. The Morgan fingerprint density at radius 1 is 1.08 bits per heavy atom. The van der Waals surface area contributed by atoms with Crippen LogP contribution in [0.5, 0.6) is 5.75 Å². The number of phenolic OH excluding ortho intramolecular Hbond substituents is 1. The number of likely N-dealkylation sites (tertiary alicyclic amines) is 1. The lowest BCUT2D eigenvalue weighted by atomic mass is 9.78. The maximum atomic E-state index is 13.7. The van der Waals surface area contributed by atoms with Crippen LogP contribution in [0.15, 0.2) is 46.5 Å². The summed E-state index contributed by atoms with van der Waals surface area (Å²) in [7, 11) is 0. The van der Waals surface area contributed by atoms with Crippen LogP contribution in [-0.2, 0) is 22.0 Å². The second-order valence-electron chi connectivity index (χ2n) is 11.9. The Labute approximate surface area is 225 Å². The molecule has 0 bridgehead atoms. The van der Waals surface area contributed by atoms with Crippen molar-refractivity contribution in [2.24, 2.45) is 15.9 Å². The van der Waals surface area contributed by atoms with Crippen molar-refractivity contribution >= 4 is 27.8 Å². The molecule has 0 aliphatic carbocycles. The third-order valence-electron chi connectivity index (χ3n) is 6.98. The first kappa shape index (κ1) is 28.4. The number of nitrogens with zero attached hydrogens (tertiary/aromatic N) is 2. The second kappa shape index (κ2) is 11.5. The minimum absolute atomic E-state index is 0.0233. The van der Waals surface area contributed by atoms with Gasteiger partial charge in [0.25, 0.3) is 0 Å². The Morgan fingerprint density at radius 3 is 2.17 bits per heavy atom. The van der Waals surface area contributed by atoms with Gasteiger partial charge < -0.3 is 14.7 Å². The molecule has 3 rings (SSSR count). The van der Waals surface area contributed by atoms with Gasteiger partial charge in [0.2, 0.25) is 0 Å². The SMILES string of the molecule is CCOC[C@H]1CN(CC(=O)c2cc(C(C)(C)C)c(O)c(C(C)(C)C)c2)/C(=N\Br)[C@@H]1Cc1ccccc1. The number of carbonyl (C=O) groups is 1. The molecule has 36 heavy (non-hydrogen) atoms. The molecule has 1 aliphatic heterocycles. The van der Waals surface area contributed by atoms with Crippen molar-refractivity contribution in [2.45, 2.75) is 65.7 Å². The summed E-state index contributed by atoms with van der Waals surface area (Å²) >= 11 is 3.36. The van der Waals surface area contributed by atoms with E-state index in [0.717, 1.165) is 23.4 Å². The van der Waals surface area contributed by atoms with Gasteiger partial charge in [0, 0.05) is 41.7 Å². The lowest BCUT2D eigenvalue weighted by Gasteiger charge is -2.28. The van der Waals surface area contributed by atoms with Crippen molar-refractivity contribution in [2.75, 3.05) is 26.3 Å². The number of hydrogen-bond donors (Lipinski definition) is 1. The number of carbonyl (C=O) groups excluding carboxylic acids is 1. The molecule has 0 unspecified atom stereocenters. The minimum atomic E-state index is -0.292. The van der Waals surface area contributed by atoms with E-state index < -0.39 is 0 Å². The van der Waals surface area contributed by atoms with E-state index in [1.807, 2.05) is 25.1 Å². The van der Waals surface area contributed by atoms with Crippen molar-refractivity contribution in [1.82, 2.24) is 4.90 Å². The van der Waals surface area contributed by atoms with Crippen LogP contribution in [0, 0.1) is 11.8 Å². The van der Waals surface area contributed by atoms with Crippen molar-refractivity contribution in [3.05, 3.63) is 64.7 Å². The topological polar surface area (TPSA) is 62.1 Å². The molecular formula is C30H41BrN2O3. The van der Waals surface area contributed by atoms with Crippen LogP contribution >= 0.6 is 16.1 Å². The predicted molar refractivity (Wildman–Crippen MR) is 151 cm³/mol. The van der Waals surface area contributed by atoms with Gasteiger partial charge in [0.15, 0.2) is 5.78 Å². The van der Waals surface area contributed by atoms with Crippen LogP contribution in [0.4, 0.5) is 0 Å². The fourth-order valence-electron chi connectivity index (χ4n) is 4.98. The van der Waals surface area contributed by atoms with E-state index >= 15 is 0 Å². The molecule has 0 amide bonds. The molecule has 2 atom stereocenters. The highest BCUT2D eigenvalue weighted by Gasteiger charge is 2.39. The zero-order valence-electron chi connectivity index (χ0n) is 22.8. The summed E-state index contributed by atoms with van der Waals surface area (Å²) in [5, 5.41) is 11.1. The zero-order chi connectivity index (χ0) is 26.7. The van der Waals surface area contributed by atoms with E-state index in [-0.39, 0.29) is 40.7 Å². The first-order chi connectivity index (χ1) is 16.9. The molecule has 0 saturated carbocycles. The van der Waals surface area contributed by atoms with Crippen LogP contribution in [0.3, 0.4) is 0 Å². The van der Waals surface area contributed by atoms with Crippen molar-refractivity contribution < 1.29 is 14.6 Å². The second-order valence-corrected chi connectivity index (χ2v) is 12.2.